The summed E-state index contributed by atoms with van der Waals surface area (Å²) in [6, 6.07) is 5.83. The van der Waals surface area contributed by atoms with Gasteiger partial charge in [-0.3, -0.25) is 4.79 Å². The number of amides is 1. The maximum Gasteiger partial charge on any atom is 0.335 e. The van der Waals surface area contributed by atoms with E-state index in [1.807, 2.05) is 13.8 Å². The topological polar surface area (TPSA) is 89.6 Å². The lowest BCUT2D eigenvalue weighted by molar-refractivity contribution is -0.126. The van der Waals surface area contributed by atoms with E-state index in [9.17, 15) is 9.59 Å². The highest BCUT2D eigenvalue weighted by Gasteiger charge is 2.21. The van der Waals surface area contributed by atoms with Gasteiger partial charge in [0.25, 0.3) is 5.91 Å². The molecule has 0 aliphatic carbocycles. The molecule has 5 heteroatoms. The molecule has 1 aromatic rings. The van der Waals surface area contributed by atoms with Crippen molar-refractivity contribution >= 4 is 11.9 Å². The second-order valence-corrected chi connectivity index (χ2v) is 4.01. The van der Waals surface area contributed by atoms with Crippen LogP contribution in [0.15, 0.2) is 24.3 Å². The minimum Gasteiger partial charge on any atom is -0.480 e. The van der Waals surface area contributed by atoms with Gasteiger partial charge in [-0.1, -0.05) is 13.8 Å². The third-order valence-electron chi connectivity index (χ3n) is 2.25. The Morgan fingerprint density at radius 2 is 1.76 bits per heavy atom. The van der Waals surface area contributed by atoms with Crippen LogP contribution in [0.3, 0.4) is 0 Å². The van der Waals surface area contributed by atoms with Gasteiger partial charge in [-0.2, -0.15) is 0 Å². The average Bonchev–Trinajstić information content (AvgIpc) is 2.25. The third kappa shape index (κ3) is 3.48. The van der Waals surface area contributed by atoms with Crippen LogP contribution in [0, 0.1) is 5.92 Å². The number of hydrogen-bond acceptors (Lipinski definition) is 3. The molecule has 0 aliphatic rings. The fraction of sp³-hybridized carbons (Fsp3) is 0.333. The Morgan fingerprint density at radius 3 is 2.12 bits per heavy atom. The first-order valence-corrected chi connectivity index (χ1v) is 5.21. The van der Waals surface area contributed by atoms with E-state index in [4.69, 9.17) is 15.6 Å². The molecule has 3 N–H and O–H groups in total. The molecular weight excluding hydrogens is 222 g/mol. The first-order valence-electron chi connectivity index (χ1n) is 5.21. The molecule has 17 heavy (non-hydrogen) atoms. The maximum atomic E-state index is 11.1. The number of carboxylic acids is 1. The number of benzene rings is 1. The molecule has 92 valence electrons. The Kier molecular flexibility index (Phi) is 4.09. The summed E-state index contributed by atoms with van der Waals surface area (Å²) < 4.78 is 5.40. The van der Waals surface area contributed by atoms with Gasteiger partial charge in [0.1, 0.15) is 5.75 Å². The van der Waals surface area contributed by atoms with Crippen molar-refractivity contribution in [3.05, 3.63) is 29.8 Å². The summed E-state index contributed by atoms with van der Waals surface area (Å²) >= 11 is 0. The number of rotatable bonds is 5. The lowest BCUT2D eigenvalue weighted by Crippen LogP contribution is -2.37. The smallest absolute Gasteiger partial charge is 0.335 e. The predicted octanol–water partition coefficient (Wildman–Crippen LogP) is 1.27. The van der Waals surface area contributed by atoms with Gasteiger partial charge < -0.3 is 15.6 Å². The van der Waals surface area contributed by atoms with Crippen LogP contribution < -0.4 is 10.5 Å². The molecule has 1 amide bonds. The van der Waals surface area contributed by atoms with Gasteiger partial charge in [-0.15, -0.1) is 0 Å². The number of carbonyl (C=O) groups excluding carboxylic acids is 1. The molecular formula is C12H15NO4. The quantitative estimate of drug-likeness (QED) is 0.807. The lowest BCUT2D eigenvalue weighted by atomic mass is 10.1. The van der Waals surface area contributed by atoms with Gasteiger partial charge in [0.15, 0.2) is 6.10 Å². The standard InChI is InChI=1S/C12H15NO4/c1-7(2)10(11(13)14)17-9-5-3-8(4-6-9)12(15)16/h3-7,10H,1-2H3,(H2,13,14)(H,15,16). The zero-order valence-electron chi connectivity index (χ0n) is 9.71. The van der Waals surface area contributed by atoms with Crippen LogP contribution in [0.4, 0.5) is 0 Å². The summed E-state index contributed by atoms with van der Waals surface area (Å²) in [4.78, 5) is 21.8. The third-order valence-corrected chi connectivity index (χ3v) is 2.25. The molecule has 1 unspecified atom stereocenters. The normalized spacial score (nSPS) is 12.2. The number of ether oxygens (including phenoxy) is 1. The monoisotopic (exact) mass is 237 g/mol. The average molecular weight is 237 g/mol. The fourth-order valence-corrected chi connectivity index (χ4v) is 1.35. The highest BCUT2D eigenvalue weighted by Crippen LogP contribution is 2.16. The molecule has 0 spiro atoms. The molecule has 0 bridgehead atoms. The molecule has 0 radical (unpaired) electrons. The fourth-order valence-electron chi connectivity index (χ4n) is 1.35. The van der Waals surface area contributed by atoms with E-state index in [0.717, 1.165) is 0 Å². The second-order valence-electron chi connectivity index (χ2n) is 4.01. The van der Waals surface area contributed by atoms with Crippen molar-refractivity contribution in [1.82, 2.24) is 0 Å². The minimum atomic E-state index is -1.01. The van der Waals surface area contributed by atoms with Gasteiger partial charge in [0.05, 0.1) is 5.56 Å². The molecule has 1 rings (SSSR count). The highest BCUT2D eigenvalue weighted by atomic mass is 16.5. The van der Waals surface area contributed by atoms with Crippen molar-refractivity contribution < 1.29 is 19.4 Å². The van der Waals surface area contributed by atoms with Crippen LogP contribution in [0.5, 0.6) is 5.75 Å². The van der Waals surface area contributed by atoms with Crippen LogP contribution in [-0.4, -0.2) is 23.1 Å². The summed E-state index contributed by atoms with van der Waals surface area (Å²) in [6.07, 6.45) is -0.717. The van der Waals surface area contributed by atoms with Gasteiger partial charge in [0.2, 0.25) is 0 Å². The molecule has 0 fully saturated rings. The molecule has 5 nitrogen and oxygen atoms in total. The Morgan fingerprint density at radius 1 is 1.24 bits per heavy atom. The number of carboxylic acid groups (broad SMARTS) is 1. The van der Waals surface area contributed by atoms with Crippen molar-refractivity contribution in [2.45, 2.75) is 20.0 Å². The minimum absolute atomic E-state index is 0.0494. The summed E-state index contributed by atoms with van der Waals surface area (Å²) in [7, 11) is 0. The first kappa shape index (κ1) is 13.0. The number of primary amides is 1. The van der Waals surface area contributed by atoms with Crippen molar-refractivity contribution in [2.24, 2.45) is 11.7 Å². The van der Waals surface area contributed by atoms with Crippen LogP contribution in [0.25, 0.3) is 0 Å². The lowest BCUT2D eigenvalue weighted by Gasteiger charge is -2.19. The molecule has 1 atom stereocenters. The summed E-state index contributed by atoms with van der Waals surface area (Å²) in [6.45, 7) is 3.64. The number of carbonyl (C=O) groups is 2. The Hall–Kier alpha value is -2.04. The van der Waals surface area contributed by atoms with E-state index in [0.29, 0.717) is 5.75 Å². The molecule has 0 aromatic heterocycles. The van der Waals surface area contributed by atoms with Crippen molar-refractivity contribution in [3.63, 3.8) is 0 Å². The number of nitrogens with two attached hydrogens (primary N) is 1. The van der Waals surface area contributed by atoms with Crippen molar-refractivity contribution in [2.75, 3.05) is 0 Å². The SMILES string of the molecule is CC(C)C(Oc1ccc(C(=O)O)cc1)C(N)=O. The molecule has 0 saturated heterocycles. The Balaban J connectivity index is 2.80. The number of hydrogen-bond donors (Lipinski definition) is 2. The van der Waals surface area contributed by atoms with Gasteiger partial charge in [0, 0.05) is 0 Å². The Bertz CT molecular complexity index is 411. The molecule has 0 saturated carbocycles. The van der Waals surface area contributed by atoms with E-state index in [2.05, 4.69) is 0 Å². The highest BCUT2D eigenvalue weighted by molar-refractivity contribution is 5.87. The van der Waals surface area contributed by atoms with Gasteiger partial charge >= 0.3 is 5.97 Å². The van der Waals surface area contributed by atoms with Crippen LogP contribution in [0.2, 0.25) is 0 Å². The summed E-state index contributed by atoms with van der Waals surface area (Å²) in [5.74, 6) is -1.17. The van der Waals surface area contributed by atoms with Crippen LogP contribution >= 0.6 is 0 Å². The van der Waals surface area contributed by atoms with E-state index in [-0.39, 0.29) is 11.5 Å². The van der Waals surface area contributed by atoms with Crippen LogP contribution in [-0.2, 0) is 4.79 Å². The summed E-state index contributed by atoms with van der Waals surface area (Å²) in [5.41, 5.74) is 5.37. The largest absolute Gasteiger partial charge is 0.480 e. The molecule has 0 aliphatic heterocycles. The zero-order valence-corrected chi connectivity index (χ0v) is 9.71. The summed E-state index contributed by atoms with van der Waals surface area (Å²) in [5, 5.41) is 8.72. The second kappa shape index (κ2) is 5.34. The zero-order chi connectivity index (χ0) is 13.0. The van der Waals surface area contributed by atoms with Crippen molar-refractivity contribution in [3.8, 4) is 5.75 Å². The maximum absolute atomic E-state index is 11.1. The first-order chi connectivity index (χ1) is 7.91. The van der Waals surface area contributed by atoms with Gasteiger partial charge in [-0.05, 0) is 30.2 Å². The molecule has 1 aromatic carbocycles. The Labute approximate surface area is 99.2 Å². The van der Waals surface area contributed by atoms with Gasteiger partial charge in [-0.25, -0.2) is 4.79 Å². The number of aromatic carboxylic acids is 1. The van der Waals surface area contributed by atoms with E-state index in [1.54, 1.807) is 0 Å². The van der Waals surface area contributed by atoms with E-state index in [1.165, 1.54) is 24.3 Å². The van der Waals surface area contributed by atoms with E-state index >= 15 is 0 Å². The predicted molar refractivity (Wildman–Crippen MR) is 61.8 cm³/mol. The molecule has 0 heterocycles. The van der Waals surface area contributed by atoms with Crippen LogP contribution in [0.1, 0.15) is 24.2 Å². The van der Waals surface area contributed by atoms with E-state index < -0.39 is 18.0 Å². The van der Waals surface area contributed by atoms with Crippen molar-refractivity contribution in [1.29, 1.82) is 0 Å².